The lowest BCUT2D eigenvalue weighted by Gasteiger charge is -2.56. The molecule has 2 nitrogen and oxygen atoms in total. The van der Waals surface area contributed by atoms with Crippen molar-refractivity contribution in [3.63, 3.8) is 0 Å². The summed E-state index contributed by atoms with van der Waals surface area (Å²) < 4.78 is 0. The van der Waals surface area contributed by atoms with E-state index in [2.05, 4.69) is 37.9 Å². The highest BCUT2D eigenvalue weighted by molar-refractivity contribution is 5.02. The molecule has 3 unspecified atom stereocenters. The first-order valence-corrected chi connectivity index (χ1v) is 7.63. The Morgan fingerprint density at radius 2 is 2.06 bits per heavy atom. The molecule has 3 atom stereocenters. The Kier molecular flexibility index (Phi) is 4.14. The van der Waals surface area contributed by atoms with Gasteiger partial charge in [0.25, 0.3) is 0 Å². The molecule has 0 spiro atoms. The molecular weight excluding hydrogens is 208 g/mol. The van der Waals surface area contributed by atoms with Gasteiger partial charge in [-0.2, -0.15) is 0 Å². The number of rotatable bonds is 4. The highest BCUT2D eigenvalue weighted by Crippen LogP contribution is 2.42. The minimum absolute atomic E-state index is 0.563. The van der Waals surface area contributed by atoms with Crippen LogP contribution in [0.4, 0.5) is 0 Å². The van der Waals surface area contributed by atoms with Crippen molar-refractivity contribution in [2.24, 2.45) is 5.92 Å². The first-order chi connectivity index (χ1) is 8.13. The summed E-state index contributed by atoms with van der Waals surface area (Å²) in [4.78, 5) is 2.84. The van der Waals surface area contributed by atoms with Crippen LogP contribution in [0.25, 0.3) is 0 Å². The molecule has 1 saturated carbocycles. The maximum Gasteiger partial charge on any atom is 0.0221 e. The quantitative estimate of drug-likeness (QED) is 0.810. The van der Waals surface area contributed by atoms with E-state index in [9.17, 15) is 0 Å². The first-order valence-electron chi connectivity index (χ1n) is 7.63. The molecular formula is C15H30N2. The van der Waals surface area contributed by atoms with Gasteiger partial charge >= 0.3 is 0 Å². The molecule has 17 heavy (non-hydrogen) atoms. The lowest BCUT2D eigenvalue weighted by molar-refractivity contribution is -0.0435. The Hall–Kier alpha value is -0.0800. The SMILES string of the molecule is CCC(C)C1CN(C2(CC)CCC2)C(C)CN1. The van der Waals surface area contributed by atoms with Gasteiger partial charge in [-0.05, 0) is 38.5 Å². The fourth-order valence-electron chi connectivity index (χ4n) is 3.64. The van der Waals surface area contributed by atoms with E-state index in [1.165, 1.54) is 45.2 Å². The summed E-state index contributed by atoms with van der Waals surface area (Å²) in [5.74, 6) is 0.805. The second-order valence-corrected chi connectivity index (χ2v) is 6.33. The van der Waals surface area contributed by atoms with E-state index < -0.39 is 0 Å². The third kappa shape index (κ3) is 2.39. The van der Waals surface area contributed by atoms with Crippen molar-refractivity contribution in [3.05, 3.63) is 0 Å². The van der Waals surface area contributed by atoms with Gasteiger partial charge in [0, 0.05) is 30.7 Å². The molecule has 1 saturated heterocycles. The van der Waals surface area contributed by atoms with E-state index in [1.807, 2.05) is 0 Å². The zero-order valence-electron chi connectivity index (χ0n) is 12.1. The van der Waals surface area contributed by atoms with Crippen LogP contribution in [-0.4, -0.2) is 35.6 Å². The largest absolute Gasteiger partial charge is 0.311 e. The van der Waals surface area contributed by atoms with Gasteiger partial charge in [-0.15, -0.1) is 0 Å². The van der Waals surface area contributed by atoms with Gasteiger partial charge in [-0.1, -0.05) is 27.2 Å². The fourth-order valence-corrected chi connectivity index (χ4v) is 3.64. The highest BCUT2D eigenvalue weighted by Gasteiger charge is 2.45. The van der Waals surface area contributed by atoms with E-state index in [0.717, 1.165) is 12.0 Å². The molecule has 0 amide bonds. The van der Waals surface area contributed by atoms with Crippen LogP contribution >= 0.6 is 0 Å². The molecule has 2 rings (SSSR count). The smallest absolute Gasteiger partial charge is 0.0221 e. The Morgan fingerprint density at radius 1 is 1.35 bits per heavy atom. The van der Waals surface area contributed by atoms with Crippen molar-refractivity contribution in [2.45, 2.75) is 77.4 Å². The zero-order chi connectivity index (χ0) is 12.5. The molecule has 1 aliphatic carbocycles. The summed E-state index contributed by atoms with van der Waals surface area (Å²) in [6.45, 7) is 11.9. The van der Waals surface area contributed by atoms with Gasteiger partial charge in [0.15, 0.2) is 0 Å². The third-order valence-electron chi connectivity index (χ3n) is 5.48. The molecule has 0 aromatic rings. The molecule has 2 fully saturated rings. The van der Waals surface area contributed by atoms with Crippen LogP contribution in [0.15, 0.2) is 0 Å². The average molecular weight is 238 g/mol. The second-order valence-electron chi connectivity index (χ2n) is 6.33. The van der Waals surface area contributed by atoms with E-state index in [0.29, 0.717) is 11.6 Å². The second kappa shape index (κ2) is 5.27. The molecule has 1 heterocycles. The predicted molar refractivity (Wildman–Crippen MR) is 74.3 cm³/mol. The lowest BCUT2D eigenvalue weighted by Crippen LogP contribution is -2.66. The van der Waals surface area contributed by atoms with Crippen molar-refractivity contribution < 1.29 is 0 Å². The monoisotopic (exact) mass is 238 g/mol. The molecule has 2 aliphatic rings. The lowest BCUT2D eigenvalue weighted by atomic mass is 9.72. The number of nitrogens with one attached hydrogen (secondary N) is 1. The van der Waals surface area contributed by atoms with Crippen LogP contribution in [0.5, 0.6) is 0 Å². The molecule has 100 valence electrons. The first kappa shape index (κ1) is 13.4. The molecule has 1 aliphatic heterocycles. The zero-order valence-corrected chi connectivity index (χ0v) is 12.1. The molecule has 0 bridgehead atoms. The van der Waals surface area contributed by atoms with Crippen LogP contribution < -0.4 is 5.32 Å². The van der Waals surface area contributed by atoms with Gasteiger partial charge < -0.3 is 5.32 Å². The predicted octanol–water partition coefficient (Wildman–Crippen LogP) is 3.03. The van der Waals surface area contributed by atoms with Crippen molar-refractivity contribution >= 4 is 0 Å². The van der Waals surface area contributed by atoms with Crippen LogP contribution in [0.1, 0.15) is 59.8 Å². The summed E-state index contributed by atoms with van der Waals surface area (Å²) >= 11 is 0. The van der Waals surface area contributed by atoms with Crippen molar-refractivity contribution in [3.8, 4) is 0 Å². The van der Waals surface area contributed by atoms with Gasteiger partial charge in [-0.3, -0.25) is 4.90 Å². The normalized spacial score (nSPS) is 35.3. The summed E-state index contributed by atoms with van der Waals surface area (Å²) in [6, 6.07) is 1.43. The standard InChI is InChI=1S/C15H30N2/c1-5-12(3)14-11-17(13(4)10-16-14)15(6-2)8-7-9-15/h12-14,16H,5-11H2,1-4H3. The van der Waals surface area contributed by atoms with Crippen molar-refractivity contribution in [2.75, 3.05) is 13.1 Å². The Balaban J connectivity index is 2.04. The molecule has 0 aromatic heterocycles. The molecule has 1 N–H and O–H groups in total. The number of hydrogen-bond donors (Lipinski definition) is 1. The van der Waals surface area contributed by atoms with Crippen LogP contribution in [0.2, 0.25) is 0 Å². The summed E-state index contributed by atoms with van der Waals surface area (Å²) in [5.41, 5.74) is 0.563. The summed E-state index contributed by atoms with van der Waals surface area (Å²) in [6.07, 6.45) is 6.93. The van der Waals surface area contributed by atoms with E-state index in [4.69, 9.17) is 0 Å². The van der Waals surface area contributed by atoms with Gasteiger partial charge in [0.05, 0.1) is 0 Å². The molecule has 0 aromatic carbocycles. The van der Waals surface area contributed by atoms with Crippen LogP contribution in [0.3, 0.4) is 0 Å². The maximum atomic E-state index is 3.75. The minimum Gasteiger partial charge on any atom is -0.311 e. The van der Waals surface area contributed by atoms with Crippen molar-refractivity contribution in [1.29, 1.82) is 0 Å². The molecule has 0 radical (unpaired) electrons. The van der Waals surface area contributed by atoms with E-state index in [1.54, 1.807) is 0 Å². The van der Waals surface area contributed by atoms with Crippen molar-refractivity contribution in [1.82, 2.24) is 10.2 Å². The van der Waals surface area contributed by atoms with E-state index >= 15 is 0 Å². The van der Waals surface area contributed by atoms with E-state index in [-0.39, 0.29) is 0 Å². The summed E-state index contributed by atoms with van der Waals surface area (Å²) in [5, 5.41) is 3.75. The van der Waals surface area contributed by atoms with Gasteiger partial charge in [0.1, 0.15) is 0 Å². The highest BCUT2D eigenvalue weighted by atomic mass is 15.3. The van der Waals surface area contributed by atoms with Gasteiger partial charge in [0.2, 0.25) is 0 Å². The number of nitrogens with zero attached hydrogens (tertiary/aromatic N) is 1. The van der Waals surface area contributed by atoms with Gasteiger partial charge in [-0.25, -0.2) is 0 Å². The Bertz CT molecular complexity index is 242. The summed E-state index contributed by atoms with van der Waals surface area (Å²) in [7, 11) is 0. The Morgan fingerprint density at radius 3 is 2.53 bits per heavy atom. The Labute approximate surface area is 107 Å². The minimum atomic E-state index is 0.563. The van der Waals surface area contributed by atoms with Crippen LogP contribution in [0, 0.1) is 5.92 Å². The average Bonchev–Trinajstić information content (AvgIpc) is 2.29. The number of hydrogen-bond acceptors (Lipinski definition) is 2. The van der Waals surface area contributed by atoms with Crippen LogP contribution in [-0.2, 0) is 0 Å². The topological polar surface area (TPSA) is 15.3 Å². The maximum absolute atomic E-state index is 3.75. The number of piperazine rings is 1. The fraction of sp³-hybridized carbons (Fsp3) is 1.00. The molecule has 2 heteroatoms. The third-order valence-corrected chi connectivity index (χ3v) is 5.48.